The Hall–Kier alpha value is -1.44. The number of likely N-dealkylation sites (N-methyl/N-ethyl adjacent to an activating group) is 1. The second-order valence-corrected chi connectivity index (χ2v) is 7.26. The van der Waals surface area contributed by atoms with Gasteiger partial charge in [-0.15, -0.1) is 0 Å². The zero-order chi connectivity index (χ0) is 17.6. The summed E-state index contributed by atoms with van der Waals surface area (Å²) in [7, 11) is -2.23. The van der Waals surface area contributed by atoms with E-state index in [0.717, 1.165) is 25.2 Å². The van der Waals surface area contributed by atoms with Crippen molar-refractivity contribution < 1.29 is 13.2 Å². The summed E-state index contributed by atoms with van der Waals surface area (Å²) in [6.45, 7) is 10.8. The van der Waals surface area contributed by atoms with E-state index in [1.54, 1.807) is 19.9 Å². The molecule has 1 aromatic carbocycles. The summed E-state index contributed by atoms with van der Waals surface area (Å²) in [5.41, 5.74) is 1.79. The SMILES string of the molecule is CCN(CC)CCNC(=O)c1cc(C)c(C)c(S(=O)(=O)NC)c1. The van der Waals surface area contributed by atoms with E-state index in [9.17, 15) is 13.2 Å². The van der Waals surface area contributed by atoms with Crippen molar-refractivity contribution in [3.8, 4) is 0 Å². The lowest BCUT2D eigenvalue weighted by atomic mass is 10.1. The van der Waals surface area contributed by atoms with Gasteiger partial charge in [0.2, 0.25) is 10.0 Å². The molecular weight excluding hydrogens is 314 g/mol. The lowest BCUT2D eigenvalue weighted by Gasteiger charge is -2.18. The van der Waals surface area contributed by atoms with Crippen molar-refractivity contribution in [3.63, 3.8) is 0 Å². The summed E-state index contributed by atoms with van der Waals surface area (Å²) in [5, 5.41) is 2.85. The van der Waals surface area contributed by atoms with Crippen LogP contribution in [0.5, 0.6) is 0 Å². The topological polar surface area (TPSA) is 78.5 Å². The molecule has 6 nitrogen and oxygen atoms in total. The van der Waals surface area contributed by atoms with Crippen molar-refractivity contribution in [2.24, 2.45) is 0 Å². The zero-order valence-electron chi connectivity index (χ0n) is 14.6. The van der Waals surface area contributed by atoms with Crippen molar-refractivity contribution in [1.29, 1.82) is 0 Å². The van der Waals surface area contributed by atoms with Gasteiger partial charge < -0.3 is 10.2 Å². The summed E-state index contributed by atoms with van der Waals surface area (Å²) < 4.78 is 26.5. The van der Waals surface area contributed by atoms with Crippen LogP contribution < -0.4 is 10.0 Å². The molecule has 0 saturated carbocycles. The highest BCUT2D eigenvalue weighted by molar-refractivity contribution is 7.89. The molecule has 0 aromatic heterocycles. The first-order chi connectivity index (χ1) is 10.8. The number of hydrogen-bond acceptors (Lipinski definition) is 4. The van der Waals surface area contributed by atoms with Crippen LogP contribution in [0.2, 0.25) is 0 Å². The number of nitrogens with zero attached hydrogens (tertiary/aromatic N) is 1. The van der Waals surface area contributed by atoms with E-state index in [4.69, 9.17) is 0 Å². The van der Waals surface area contributed by atoms with Gasteiger partial charge in [-0.1, -0.05) is 13.8 Å². The fraction of sp³-hybridized carbons (Fsp3) is 0.562. The maximum absolute atomic E-state index is 12.3. The number of nitrogens with one attached hydrogen (secondary N) is 2. The molecule has 0 aliphatic rings. The molecule has 130 valence electrons. The summed E-state index contributed by atoms with van der Waals surface area (Å²) in [5.74, 6) is -0.257. The van der Waals surface area contributed by atoms with E-state index < -0.39 is 10.0 Å². The van der Waals surface area contributed by atoms with Gasteiger partial charge in [0, 0.05) is 18.7 Å². The first kappa shape index (κ1) is 19.6. The van der Waals surface area contributed by atoms with Crippen LogP contribution in [-0.4, -0.2) is 52.5 Å². The fourth-order valence-corrected chi connectivity index (χ4v) is 3.38. The van der Waals surface area contributed by atoms with Crippen LogP contribution in [0.1, 0.15) is 35.3 Å². The molecule has 0 aliphatic heterocycles. The average molecular weight is 341 g/mol. The Morgan fingerprint density at radius 3 is 2.30 bits per heavy atom. The second-order valence-electron chi connectivity index (χ2n) is 5.41. The van der Waals surface area contributed by atoms with Crippen molar-refractivity contribution in [3.05, 3.63) is 28.8 Å². The standard InChI is InChI=1S/C16H27N3O3S/c1-6-19(7-2)9-8-18-16(20)14-10-12(3)13(4)15(11-14)23(21,22)17-5/h10-11,17H,6-9H2,1-5H3,(H,18,20). The predicted molar refractivity (Wildman–Crippen MR) is 92.3 cm³/mol. The first-order valence-electron chi connectivity index (χ1n) is 7.82. The van der Waals surface area contributed by atoms with Gasteiger partial charge in [0.25, 0.3) is 5.91 Å². The van der Waals surface area contributed by atoms with Gasteiger partial charge in [0.15, 0.2) is 0 Å². The third kappa shape index (κ3) is 5.02. The molecule has 0 fully saturated rings. The lowest BCUT2D eigenvalue weighted by molar-refractivity contribution is 0.0948. The molecule has 0 unspecified atom stereocenters. The van der Waals surface area contributed by atoms with Crippen molar-refractivity contribution in [1.82, 2.24) is 14.9 Å². The number of rotatable bonds is 8. The Bertz CT molecular complexity index is 653. The zero-order valence-corrected chi connectivity index (χ0v) is 15.4. The molecule has 0 atom stereocenters. The third-order valence-electron chi connectivity index (χ3n) is 4.05. The number of carbonyl (C=O) groups is 1. The highest BCUT2D eigenvalue weighted by Crippen LogP contribution is 2.20. The van der Waals surface area contributed by atoms with E-state index in [1.807, 2.05) is 0 Å². The first-order valence-corrected chi connectivity index (χ1v) is 9.30. The summed E-state index contributed by atoms with van der Waals surface area (Å²) in [6.07, 6.45) is 0. The molecule has 23 heavy (non-hydrogen) atoms. The molecule has 0 spiro atoms. The van der Waals surface area contributed by atoms with Gasteiger partial charge in [0.1, 0.15) is 0 Å². The lowest BCUT2D eigenvalue weighted by Crippen LogP contribution is -2.35. The van der Waals surface area contributed by atoms with Crippen molar-refractivity contribution in [2.45, 2.75) is 32.6 Å². The fourth-order valence-electron chi connectivity index (χ4n) is 2.32. The Morgan fingerprint density at radius 1 is 1.17 bits per heavy atom. The number of benzene rings is 1. The molecule has 1 amide bonds. The van der Waals surface area contributed by atoms with Crippen LogP contribution in [-0.2, 0) is 10.0 Å². The van der Waals surface area contributed by atoms with Crippen LogP contribution in [0.3, 0.4) is 0 Å². The minimum absolute atomic E-state index is 0.147. The van der Waals surface area contributed by atoms with Crippen LogP contribution in [0.15, 0.2) is 17.0 Å². The van der Waals surface area contributed by atoms with Gasteiger partial charge in [-0.25, -0.2) is 13.1 Å². The second kappa shape index (κ2) is 8.42. The van der Waals surface area contributed by atoms with Crippen LogP contribution >= 0.6 is 0 Å². The number of aryl methyl sites for hydroxylation is 1. The number of sulfonamides is 1. The molecule has 0 bridgehead atoms. The van der Waals surface area contributed by atoms with E-state index in [-0.39, 0.29) is 10.8 Å². The minimum Gasteiger partial charge on any atom is -0.351 e. The van der Waals surface area contributed by atoms with E-state index in [0.29, 0.717) is 17.7 Å². The monoisotopic (exact) mass is 341 g/mol. The Morgan fingerprint density at radius 2 is 1.78 bits per heavy atom. The summed E-state index contributed by atoms with van der Waals surface area (Å²) >= 11 is 0. The average Bonchev–Trinajstić information content (AvgIpc) is 2.53. The molecule has 1 aromatic rings. The summed E-state index contributed by atoms with van der Waals surface area (Å²) in [4.78, 5) is 14.6. The molecule has 1 rings (SSSR count). The molecule has 2 N–H and O–H groups in total. The van der Waals surface area contributed by atoms with E-state index >= 15 is 0 Å². The minimum atomic E-state index is -3.59. The smallest absolute Gasteiger partial charge is 0.251 e. The number of hydrogen-bond donors (Lipinski definition) is 2. The molecule has 0 radical (unpaired) electrons. The third-order valence-corrected chi connectivity index (χ3v) is 5.59. The van der Waals surface area contributed by atoms with Crippen LogP contribution in [0.4, 0.5) is 0 Å². The molecular formula is C16H27N3O3S. The predicted octanol–water partition coefficient (Wildman–Crippen LogP) is 1.28. The Balaban J connectivity index is 2.94. The van der Waals surface area contributed by atoms with Gasteiger partial charge in [-0.3, -0.25) is 4.79 Å². The molecule has 0 saturated heterocycles. The van der Waals surface area contributed by atoms with Gasteiger partial charge in [-0.05, 0) is 57.2 Å². The maximum atomic E-state index is 12.3. The van der Waals surface area contributed by atoms with E-state index in [1.165, 1.54) is 13.1 Å². The molecule has 0 aliphatic carbocycles. The van der Waals surface area contributed by atoms with Crippen LogP contribution in [0.25, 0.3) is 0 Å². The van der Waals surface area contributed by atoms with Crippen molar-refractivity contribution >= 4 is 15.9 Å². The van der Waals surface area contributed by atoms with Gasteiger partial charge >= 0.3 is 0 Å². The molecule has 7 heteroatoms. The van der Waals surface area contributed by atoms with Gasteiger partial charge in [0.05, 0.1) is 4.90 Å². The van der Waals surface area contributed by atoms with Crippen molar-refractivity contribution in [2.75, 3.05) is 33.2 Å². The van der Waals surface area contributed by atoms with Crippen LogP contribution in [0, 0.1) is 13.8 Å². The maximum Gasteiger partial charge on any atom is 0.251 e. The normalized spacial score (nSPS) is 11.7. The highest BCUT2D eigenvalue weighted by atomic mass is 32.2. The molecule has 0 heterocycles. The highest BCUT2D eigenvalue weighted by Gasteiger charge is 2.19. The number of carbonyl (C=O) groups excluding carboxylic acids is 1. The van der Waals surface area contributed by atoms with E-state index in [2.05, 4.69) is 28.8 Å². The largest absolute Gasteiger partial charge is 0.351 e. The number of amides is 1. The van der Waals surface area contributed by atoms with Gasteiger partial charge in [-0.2, -0.15) is 0 Å². The Labute approximate surface area is 139 Å². The Kier molecular flexibility index (Phi) is 7.18. The summed E-state index contributed by atoms with van der Waals surface area (Å²) in [6, 6.07) is 3.15. The quantitative estimate of drug-likeness (QED) is 0.747.